The van der Waals surface area contributed by atoms with Crippen molar-refractivity contribution in [2.24, 2.45) is 0 Å². The first kappa shape index (κ1) is 13.8. The van der Waals surface area contributed by atoms with Gasteiger partial charge in [0.2, 0.25) is 0 Å². The van der Waals surface area contributed by atoms with Crippen LogP contribution in [0.25, 0.3) is 10.2 Å². The monoisotopic (exact) mass is 290 g/mol. The topological polar surface area (TPSA) is 41.0 Å². The highest BCUT2D eigenvalue weighted by atomic mass is 32.1. The molecule has 3 rings (SSSR count). The van der Waals surface area contributed by atoms with Crippen LogP contribution in [0.1, 0.15) is 31.1 Å². The number of hydrogen-bond donors (Lipinski definition) is 1. The zero-order valence-corrected chi connectivity index (χ0v) is 13.0. The summed E-state index contributed by atoms with van der Waals surface area (Å²) in [5.41, 5.74) is 0. The van der Waals surface area contributed by atoms with E-state index in [1.807, 2.05) is 0 Å². The standard InChI is InChI=1S/C15H22N4S/c1-3-16-9-12-6-4-5-7-19(12)14-13-8-11(2)20-15(13)18-10-17-14/h8,10,12,16H,3-7,9H2,1-2H3. The van der Waals surface area contributed by atoms with Crippen molar-refractivity contribution >= 4 is 27.4 Å². The molecule has 1 aliphatic heterocycles. The van der Waals surface area contributed by atoms with Gasteiger partial charge in [0, 0.05) is 24.0 Å². The van der Waals surface area contributed by atoms with E-state index in [2.05, 4.69) is 40.1 Å². The molecular weight excluding hydrogens is 268 g/mol. The van der Waals surface area contributed by atoms with Crippen LogP contribution >= 0.6 is 11.3 Å². The van der Waals surface area contributed by atoms with Crippen molar-refractivity contribution < 1.29 is 0 Å². The van der Waals surface area contributed by atoms with Crippen molar-refractivity contribution in [1.82, 2.24) is 15.3 Å². The number of likely N-dealkylation sites (N-methyl/N-ethyl adjacent to an activating group) is 1. The van der Waals surface area contributed by atoms with Gasteiger partial charge >= 0.3 is 0 Å². The summed E-state index contributed by atoms with van der Waals surface area (Å²) in [5.74, 6) is 1.13. The molecule has 0 aromatic carbocycles. The number of fused-ring (bicyclic) bond motifs is 1. The third kappa shape index (κ3) is 2.65. The Kier molecular flexibility index (Phi) is 4.17. The Morgan fingerprint density at radius 3 is 3.15 bits per heavy atom. The summed E-state index contributed by atoms with van der Waals surface area (Å²) in [7, 11) is 0. The molecule has 108 valence electrons. The van der Waals surface area contributed by atoms with E-state index in [-0.39, 0.29) is 0 Å². The predicted molar refractivity (Wildman–Crippen MR) is 85.7 cm³/mol. The van der Waals surface area contributed by atoms with Crippen LogP contribution in [0.2, 0.25) is 0 Å². The SMILES string of the molecule is CCNCC1CCCCN1c1ncnc2sc(C)cc12. The summed E-state index contributed by atoms with van der Waals surface area (Å²) >= 11 is 1.76. The number of thiophene rings is 1. The molecule has 2 aromatic heterocycles. The van der Waals surface area contributed by atoms with Gasteiger partial charge in [-0.15, -0.1) is 11.3 Å². The second-order valence-electron chi connectivity index (χ2n) is 5.42. The van der Waals surface area contributed by atoms with Crippen LogP contribution in [0.3, 0.4) is 0 Å². The Morgan fingerprint density at radius 2 is 2.30 bits per heavy atom. The fraction of sp³-hybridized carbons (Fsp3) is 0.600. The lowest BCUT2D eigenvalue weighted by molar-refractivity contribution is 0.437. The lowest BCUT2D eigenvalue weighted by Gasteiger charge is -2.37. The summed E-state index contributed by atoms with van der Waals surface area (Å²) in [4.78, 5) is 13.9. The zero-order valence-electron chi connectivity index (χ0n) is 12.2. The van der Waals surface area contributed by atoms with E-state index in [1.54, 1.807) is 17.7 Å². The summed E-state index contributed by atoms with van der Waals surface area (Å²) in [5, 5.41) is 4.71. The van der Waals surface area contributed by atoms with Gasteiger partial charge in [-0.2, -0.15) is 0 Å². The van der Waals surface area contributed by atoms with Crippen molar-refractivity contribution in [1.29, 1.82) is 0 Å². The molecule has 20 heavy (non-hydrogen) atoms. The normalized spacial score (nSPS) is 19.7. The number of aryl methyl sites for hydroxylation is 1. The molecule has 0 bridgehead atoms. The molecule has 5 heteroatoms. The van der Waals surface area contributed by atoms with Gasteiger partial charge in [0.15, 0.2) is 0 Å². The van der Waals surface area contributed by atoms with Gasteiger partial charge in [0.25, 0.3) is 0 Å². The molecule has 1 unspecified atom stereocenters. The summed E-state index contributed by atoms with van der Waals surface area (Å²) in [6, 6.07) is 2.79. The first-order valence-electron chi connectivity index (χ1n) is 7.48. The Bertz CT molecular complexity index is 580. The molecule has 0 spiro atoms. The minimum Gasteiger partial charge on any atom is -0.352 e. The first-order valence-corrected chi connectivity index (χ1v) is 8.29. The third-order valence-corrected chi connectivity index (χ3v) is 4.92. The van der Waals surface area contributed by atoms with E-state index in [4.69, 9.17) is 0 Å². The highest BCUT2D eigenvalue weighted by molar-refractivity contribution is 7.18. The van der Waals surface area contributed by atoms with Crippen LogP contribution in [0.15, 0.2) is 12.4 Å². The molecular formula is C15H22N4S. The Labute approximate surface area is 124 Å². The molecule has 1 atom stereocenters. The molecule has 1 saturated heterocycles. The van der Waals surface area contributed by atoms with Gasteiger partial charge in [0.1, 0.15) is 17.0 Å². The Hall–Kier alpha value is -1.20. The van der Waals surface area contributed by atoms with Crippen LogP contribution in [-0.2, 0) is 0 Å². The minimum absolute atomic E-state index is 0.557. The number of nitrogens with one attached hydrogen (secondary N) is 1. The van der Waals surface area contributed by atoms with E-state index in [0.717, 1.165) is 30.3 Å². The number of nitrogens with zero attached hydrogens (tertiary/aromatic N) is 3. The van der Waals surface area contributed by atoms with Gasteiger partial charge in [0.05, 0.1) is 5.39 Å². The predicted octanol–water partition coefficient (Wildman–Crippen LogP) is 2.97. The summed E-state index contributed by atoms with van der Waals surface area (Å²) in [6.45, 7) is 7.49. The molecule has 0 radical (unpaired) electrons. The van der Waals surface area contributed by atoms with Gasteiger partial charge in [-0.1, -0.05) is 6.92 Å². The number of piperidine rings is 1. The average Bonchev–Trinajstić information content (AvgIpc) is 2.85. The minimum atomic E-state index is 0.557. The van der Waals surface area contributed by atoms with Crippen LogP contribution in [0.4, 0.5) is 5.82 Å². The second-order valence-corrected chi connectivity index (χ2v) is 6.66. The fourth-order valence-electron chi connectivity index (χ4n) is 2.99. The number of anilines is 1. The smallest absolute Gasteiger partial charge is 0.141 e. The van der Waals surface area contributed by atoms with Gasteiger partial charge < -0.3 is 10.2 Å². The number of aromatic nitrogens is 2. The number of hydrogen-bond acceptors (Lipinski definition) is 5. The maximum atomic E-state index is 4.60. The van der Waals surface area contributed by atoms with E-state index >= 15 is 0 Å². The van der Waals surface area contributed by atoms with Crippen molar-refractivity contribution in [2.75, 3.05) is 24.5 Å². The van der Waals surface area contributed by atoms with Crippen LogP contribution in [-0.4, -0.2) is 35.6 Å². The van der Waals surface area contributed by atoms with Crippen LogP contribution in [0.5, 0.6) is 0 Å². The molecule has 4 nitrogen and oxygen atoms in total. The van der Waals surface area contributed by atoms with Crippen molar-refractivity contribution in [3.8, 4) is 0 Å². The highest BCUT2D eigenvalue weighted by Gasteiger charge is 2.25. The second kappa shape index (κ2) is 6.06. The zero-order chi connectivity index (χ0) is 13.9. The van der Waals surface area contributed by atoms with E-state index in [1.165, 1.54) is 29.5 Å². The molecule has 0 amide bonds. The van der Waals surface area contributed by atoms with Gasteiger partial charge in [-0.05, 0) is 38.8 Å². The fourth-order valence-corrected chi connectivity index (χ4v) is 3.84. The lowest BCUT2D eigenvalue weighted by Crippen LogP contribution is -2.46. The maximum Gasteiger partial charge on any atom is 0.141 e. The molecule has 0 aliphatic carbocycles. The van der Waals surface area contributed by atoms with Crippen molar-refractivity contribution in [3.05, 3.63) is 17.3 Å². The largest absolute Gasteiger partial charge is 0.352 e. The van der Waals surface area contributed by atoms with Crippen LogP contribution < -0.4 is 10.2 Å². The van der Waals surface area contributed by atoms with Gasteiger partial charge in [-0.25, -0.2) is 9.97 Å². The van der Waals surface area contributed by atoms with Gasteiger partial charge in [-0.3, -0.25) is 0 Å². The van der Waals surface area contributed by atoms with E-state index in [9.17, 15) is 0 Å². The molecule has 1 fully saturated rings. The summed E-state index contributed by atoms with van der Waals surface area (Å²) in [6.07, 6.45) is 5.55. The quantitative estimate of drug-likeness (QED) is 0.940. The summed E-state index contributed by atoms with van der Waals surface area (Å²) < 4.78 is 0. The molecule has 1 aliphatic rings. The first-order chi connectivity index (χ1) is 9.79. The molecule has 0 saturated carbocycles. The lowest BCUT2D eigenvalue weighted by atomic mass is 10.0. The molecule has 2 aromatic rings. The maximum absolute atomic E-state index is 4.60. The molecule has 3 heterocycles. The van der Waals surface area contributed by atoms with E-state index < -0.39 is 0 Å². The number of rotatable bonds is 4. The average molecular weight is 290 g/mol. The van der Waals surface area contributed by atoms with Crippen molar-refractivity contribution in [3.63, 3.8) is 0 Å². The van der Waals surface area contributed by atoms with Crippen molar-refractivity contribution in [2.45, 2.75) is 39.2 Å². The van der Waals surface area contributed by atoms with E-state index in [0.29, 0.717) is 6.04 Å². The highest BCUT2D eigenvalue weighted by Crippen LogP contribution is 2.32. The molecule has 1 N–H and O–H groups in total. The Balaban J connectivity index is 1.94. The Morgan fingerprint density at radius 1 is 1.40 bits per heavy atom. The van der Waals surface area contributed by atoms with Crippen LogP contribution in [0, 0.1) is 6.92 Å². The third-order valence-electron chi connectivity index (χ3n) is 3.96.